The number of hydrogen-bond acceptors (Lipinski definition) is 3. The van der Waals surface area contributed by atoms with Crippen molar-refractivity contribution in [2.75, 3.05) is 39.8 Å². The molecule has 0 amide bonds. The van der Waals surface area contributed by atoms with Crippen LogP contribution in [-0.4, -0.2) is 50.8 Å². The third-order valence-electron chi connectivity index (χ3n) is 3.93. The molecule has 1 unspecified atom stereocenters. The summed E-state index contributed by atoms with van der Waals surface area (Å²) in [5.41, 5.74) is 0.514. The molecule has 0 aromatic carbocycles. The number of halogens is 1. The van der Waals surface area contributed by atoms with Crippen molar-refractivity contribution in [3.05, 3.63) is 0 Å². The molecular formula is C12H25ClN2O. The Morgan fingerprint density at radius 3 is 2.56 bits per heavy atom. The summed E-state index contributed by atoms with van der Waals surface area (Å²) >= 11 is 0. The van der Waals surface area contributed by atoms with Crippen molar-refractivity contribution in [2.45, 2.75) is 32.3 Å². The SMILES string of the molecule is COC1CCN(CC2(C)CCNC2)CC1.Cl. The zero-order valence-electron chi connectivity index (χ0n) is 10.5. The van der Waals surface area contributed by atoms with Crippen molar-refractivity contribution < 1.29 is 4.74 Å². The number of likely N-dealkylation sites (tertiary alicyclic amines) is 1. The molecule has 0 bridgehead atoms. The van der Waals surface area contributed by atoms with E-state index in [1.54, 1.807) is 0 Å². The van der Waals surface area contributed by atoms with Gasteiger partial charge in [0.1, 0.15) is 0 Å². The Kier molecular flexibility index (Phi) is 5.51. The largest absolute Gasteiger partial charge is 0.381 e. The van der Waals surface area contributed by atoms with E-state index in [1.165, 1.54) is 52.0 Å². The number of nitrogens with one attached hydrogen (secondary N) is 1. The van der Waals surface area contributed by atoms with E-state index < -0.39 is 0 Å². The van der Waals surface area contributed by atoms with Crippen molar-refractivity contribution in [1.82, 2.24) is 10.2 Å². The molecule has 2 heterocycles. The average molecular weight is 249 g/mol. The van der Waals surface area contributed by atoms with E-state index in [0.717, 1.165) is 0 Å². The summed E-state index contributed by atoms with van der Waals surface area (Å²) < 4.78 is 5.40. The predicted octanol–water partition coefficient (Wildman–Crippen LogP) is 1.52. The summed E-state index contributed by atoms with van der Waals surface area (Å²) in [4.78, 5) is 2.61. The van der Waals surface area contributed by atoms with Gasteiger partial charge in [0.2, 0.25) is 0 Å². The maximum Gasteiger partial charge on any atom is 0.0595 e. The summed E-state index contributed by atoms with van der Waals surface area (Å²) in [5, 5.41) is 3.47. The highest BCUT2D eigenvalue weighted by Gasteiger charge is 2.31. The lowest BCUT2D eigenvalue weighted by Gasteiger charge is -2.36. The fourth-order valence-electron chi connectivity index (χ4n) is 2.85. The quantitative estimate of drug-likeness (QED) is 0.820. The van der Waals surface area contributed by atoms with Gasteiger partial charge in [0.05, 0.1) is 6.10 Å². The van der Waals surface area contributed by atoms with Gasteiger partial charge in [-0.05, 0) is 31.2 Å². The maximum atomic E-state index is 5.40. The molecule has 2 aliphatic heterocycles. The van der Waals surface area contributed by atoms with E-state index in [1.807, 2.05) is 7.11 Å². The van der Waals surface area contributed by atoms with Crippen LogP contribution >= 0.6 is 12.4 Å². The van der Waals surface area contributed by atoms with Crippen LogP contribution in [0.4, 0.5) is 0 Å². The zero-order chi connectivity index (χ0) is 10.7. The van der Waals surface area contributed by atoms with E-state index >= 15 is 0 Å². The molecule has 0 aromatic heterocycles. The highest BCUT2D eigenvalue weighted by molar-refractivity contribution is 5.85. The second-order valence-electron chi connectivity index (χ2n) is 5.45. The van der Waals surface area contributed by atoms with Crippen LogP contribution < -0.4 is 5.32 Å². The summed E-state index contributed by atoms with van der Waals surface area (Å²) in [6.07, 6.45) is 4.26. The van der Waals surface area contributed by atoms with Gasteiger partial charge < -0.3 is 15.0 Å². The highest BCUT2D eigenvalue weighted by atomic mass is 35.5. The van der Waals surface area contributed by atoms with Gasteiger partial charge >= 0.3 is 0 Å². The van der Waals surface area contributed by atoms with Gasteiger partial charge in [0.15, 0.2) is 0 Å². The molecule has 16 heavy (non-hydrogen) atoms. The molecule has 2 fully saturated rings. The van der Waals surface area contributed by atoms with Crippen LogP contribution in [0.5, 0.6) is 0 Å². The number of nitrogens with zero attached hydrogens (tertiary/aromatic N) is 1. The van der Waals surface area contributed by atoms with Gasteiger partial charge in [0, 0.05) is 33.3 Å². The fourth-order valence-corrected chi connectivity index (χ4v) is 2.85. The van der Waals surface area contributed by atoms with E-state index in [0.29, 0.717) is 11.5 Å². The van der Waals surface area contributed by atoms with Crippen molar-refractivity contribution >= 4 is 12.4 Å². The highest BCUT2D eigenvalue weighted by Crippen LogP contribution is 2.27. The molecule has 4 heteroatoms. The molecule has 3 nitrogen and oxygen atoms in total. The second kappa shape index (κ2) is 6.20. The van der Waals surface area contributed by atoms with Crippen LogP contribution in [0.25, 0.3) is 0 Å². The van der Waals surface area contributed by atoms with Crippen LogP contribution in [0.15, 0.2) is 0 Å². The molecule has 96 valence electrons. The second-order valence-corrected chi connectivity index (χ2v) is 5.45. The number of methoxy groups -OCH3 is 1. The normalized spacial score (nSPS) is 32.6. The Bertz CT molecular complexity index is 199. The lowest BCUT2D eigenvalue weighted by Crippen LogP contribution is -2.43. The Labute approximate surface area is 105 Å². The summed E-state index contributed by atoms with van der Waals surface area (Å²) in [6, 6.07) is 0. The third-order valence-corrected chi connectivity index (χ3v) is 3.93. The molecular weight excluding hydrogens is 224 g/mol. The monoisotopic (exact) mass is 248 g/mol. The first-order valence-corrected chi connectivity index (χ1v) is 6.18. The number of piperidine rings is 1. The summed E-state index contributed by atoms with van der Waals surface area (Å²) in [6.45, 7) is 8.50. The van der Waals surface area contributed by atoms with Crippen LogP contribution in [0.1, 0.15) is 26.2 Å². The molecule has 1 N–H and O–H groups in total. The van der Waals surface area contributed by atoms with Crippen LogP contribution in [0.2, 0.25) is 0 Å². The van der Waals surface area contributed by atoms with Crippen LogP contribution in [0, 0.1) is 5.41 Å². The minimum Gasteiger partial charge on any atom is -0.381 e. The topological polar surface area (TPSA) is 24.5 Å². The minimum atomic E-state index is 0. The third kappa shape index (κ3) is 3.59. The van der Waals surface area contributed by atoms with Crippen molar-refractivity contribution in [3.63, 3.8) is 0 Å². The summed E-state index contributed by atoms with van der Waals surface area (Å²) in [5.74, 6) is 0. The molecule has 0 aromatic rings. The van der Waals surface area contributed by atoms with E-state index in [9.17, 15) is 0 Å². The maximum absolute atomic E-state index is 5.40. The Hall–Kier alpha value is 0.170. The standard InChI is InChI=1S/C12H24N2O.ClH/c1-12(5-6-13-9-12)10-14-7-3-11(15-2)4-8-14;/h11,13H,3-10H2,1-2H3;1H. The lowest BCUT2D eigenvalue weighted by molar-refractivity contribution is 0.0301. The van der Waals surface area contributed by atoms with Gasteiger partial charge in [0.25, 0.3) is 0 Å². The minimum absolute atomic E-state index is 0. The molecule has 0 aliphatic carbocycles. The zero-order valence-corrected chi connectivity index (χ0v) is 11.3. The smallest absolute Gasteiger partial charge is 0.0595 e. The van der Waals surface area contributed by atoms with E-state index in [2.05, 4.69) is 17.1 Å². The average Bonchev–Trinajstić information content (AvgIpc) is 2.66. The first kappa shape index (κ1) is 14.2. The van der Waals surface area contributed by atoms with E-state index in [-0.39, 0.29) is 12.4 Å². The molecule has 0 spiro atoms. The first-order valence-electron chi connectivity index (χ1n) is 6.18. The van der Waals surface area contributed by atoms with Gasteiger partial charge in [-0.2, -0.15) is 0 Å². The van der Waals surface area contributed by atoms with Crippen molar-refractivity contribution in [1.29, 1.82) is 0 Å². The van der Waals surface area contributed by atoms with Gasteiger partial charge in [-0.25, -0.2) is 0 Å². The fraction of sp³-hybridized carbons (Fsp3) is 1.00. The molecule has 2 saturated heterocycles. The van der Waals surface area contributed by atoms with Gasteiger partial charge in [-0.3, -0.25) is 0 Å². The predicted molar refractivity (Wildman–Crippen MR) is 69.3 cm³/mol. The molecule has 1 atom stereocenters. The molecule has 0 radical (unpaired) electrons. The molecule has 2 aliphatic rings. The Morgan fingerprint density at radius 1 is 1.38 bits per heavy atom. The van der Waals surface area contributed by atoms with E-state index in [4.69, 9.17) is 4.74 Å². The van der Waals surface area contributed by atoms with Crippen LogP contribution in [-0.2, 0) is 4.74 Å². The molecule has 2 rings (SSSR count). The number of ether oxygens (including phenoxy) is 1. The van der Waals surface area contributed by atoms with Crippen molar-refractivity contribution in [2.24, 2.45) is 5.41 Å². The Morgan fingerprint density at radius 2 is 2.06 bits per heavy atom. The summed E-state index contributed by atoms with van der Waals surface area (Å²) in [7, 11) is 1.84. The van der Waals surface area contributed by atoms with Crippen LogP contribution in [0.3, 0.4) is 0 Å². The number of rotatable bonds is 3. The number of hydrogen-bond donors (Lipinski definition) is 1. The van der Waals surface area contributed by atoms with Gasteiger partial charge in [-0.1, -0.05) is 6.92 Å². The van der Waals surface area contributed by atoms with Gasteiger partial charge in [-0.15, -0.1) is 12.4 Å². The lowest BCUT2D eigenvalue weighted by atomic mass is 9.88. The van der Waals surface area contributed by atoms with Crippen molar-refractivity contribution in [3.8, 4) is 0 Å². The molecule has 0 saturated carbocycles. The Balaban J connectivity index is 0.00000128. The first-order chi connectivity index (χ1) is 7.22.